The van der Waals surface area contributed by atoms with E-state index in [1.165, 1.54) is 14.2 Å². The molecule has 0 radical (unpaired) electrons. The molecule has 0 fully saturated rings. The molecule has 0 saturated carbocycles. The van der Waals surface area contributed by atoms with E-state index in [4.69, 9.17) is 9.47 Å². The fourth-order valence-corrected chi connectivity index (χ4v) is 2.23. The van der Waals surface area contributed by atoms with Crippen LogP contribution in [0.2, 0.25) is 0 Å². The van der Waals surface area contributed by atoms with Gasteiger partial charge in [-0.05, 0) is 28.1 Å². The molecule has 2 rings (SSSR count). The molecule has 0 aliphatic heterocycles. The highest BCUT2D eigenvalue weighted by molar-refractivity contribution is 9.10. The Kier molecular flexibility index (Phi) is 5.21. The molecule has 0 saturated heterocycles. The number of methoxy groups -OCH3 is 2. The van der Waals surface area contributed by atoms with E-state index >= 15 is 0 Å². The third kappa shape index (κ3) is 3.75. The molecule has 1 amide bonds. The standard InChI is InChI=1S/C14H16BrN3O3/c1-20-12-5-3-4-11(13(12)21-2)14(19)16-6-7-18-9-10(15)8-17-18/h3-5,8-9H,6-7H2,1-2H3,(H,16,19). The first-order valence-corrected chi connectivity index (χ1v) is 7.12. The molecule has 1 aromatic carbocycles. The number of amides is 1. The largest absolute Gasteiger partial charge is 0.493 e. The molecule has 0 aliphatic carbocycles. The van der Waals surface area contributed by atoms with Gasteiger partial charge in [0.2, 0.25) is 0 Å². The van der Waals surface area contributed by atoms with Gasteiger partial charge in [-0.1, -0.05) is 6.07 Å². The molecule has 1 N–H and O–H groups in total. The molecule has 0 bridgehead atoms. The van der Waals surface area contributed by atoms with Crippen LogP contribution in [-0.4, -0.2) is 36.5 Å². The van der Waals surface area contributed by atoms with Crippen molar-refractivity contribution in [3.63, 3.8) is 0 Å². The van der Waals surface area contributed by atoms with Gasteiger partial charge in [0.05, 0.1) is 37.0 Å². The number of rotatable bonds is 6. The van der Waals surface area contributed by atoms with Gasteiger partial charge in [0.15, 0.2) is 11.5 Å². The van der Waals surface area contributed by atoms with Crippen molar-refractivity contribution in [3.8, 4) is 11.5 Å². The minimum Gasteiger partial charge on any atom is -0.493 e. The van der Waals surface area contributed by atoms with Gasteiger partial charge in [0, 0.05) is 12.7 Å². The maximum atomic E-state index is 12.2. The van der Waals surface area contributed by atoms with E-state index in [0.717, 1.165) is 4.47 Å². The van der Waals surface area contributed by atoms with Crippen molar-refractivity contribution in [2.75, 3.05) is 20.8 Å². The van der Waals surface area contributed by atoms with Crippen molar-refractivity contribution in [2.45, 2.75) is 6.54 Å². The molecular formula is C14H16BrN3O3. The van der Waals surface area contributed by atoms with Gasteiger partial charge in [-0.15, -0.1) is 0 Å². The van der Waals surface area contributed by atoms with Crippen LogP contribution in [0.3, 0.4) is 0 Å². The Morgan fingerprint density at radius 2 is 2.19 bits per heavy atom. The maximum Gasteiger partial charge on any atom is 0.255 e. The number of para-hydroxylation sites is 1. The van der Waals surface area contributed by atoms with Crippen LogP contribution in [-0.2, 0) is 6.54 Å². The van der Waals surface area contributed by atoms with Crippen LogP contribution < -0.4 is 14.8 Å². The highest BCUT2D eigenvalue weighted by Gasteiger charge is 2.15. The molecule has 0 aliphatic rings. The molecule has 21 heavy (non-hydrogen) atoms. The monoisotopic (exact) mass is 353 g/mol. The minimum atomic E-state index is -0.211. The number of nitrogens with zero attached hydrogens (tertiary/aromatic N) is 2. The summed E-state index contributed by atoms with van der Waals surface area (Å²) in [5, 5.41) is 6.95. The summed E-state index contributed by atoms with van der Waals surface area (Å²) in [4.78, 5) is 12.2. The predicted molar refractivity (Wildman–Crippen MR) is 81.8 cm³/mol. The number of halogens is 1. The number of carbonyl (C=O) groups excluding carboxylic acids is 1. The minimum absolute atomic E-state index is 0.211. The number of aromatic nitrogens is 2. The van der Waals surface area contributed by atoms with Gasteiger partial charge in [-0.3, -0.25) is 9.48 Å². The van der Waals surface area contributed by atoms with Crippen molar-refractivity contribution in [1.29, 1.82) is 0 Å². The Morgan fingerprint density at radius 3 is 2.81 bits per heavy atom. The zero-order valence-corrected chi connectivity index (χ0v) is 13.4. The topological polar surface area (TPSA) is 65.4 Å². The third-order valence-electron chi connectivity index (χ3n) is 2.88. The fourth-order valence-electron chi connectivity index (χ4n) is 1.91. The first-order chi connectivity index (χ1) is 10.2. The van der Waals surface area contributed by atoms with Gasteiger partial charge >= 0.3 is 0 Å². The zero-order valence-electron chi connectivity index (χ0n) is 11.8. The zero-order chi connectivity index (χ0) is 15.2. The van der Waals surface area contributed by atoms with Crippen molar-refractivity contribution in [3.05, 3.63) is 40.6 Å². The number of carbonyl (C=O) groups is 1. The number of nitrogens with one attached hydrogen (secondary N) is 1. The van der Waals surface area contributed by atoms with Crippen molar-refractivity contribution in [2.24, 2.45) is 0 Å². The summed E-state index contributed by atoms with van der Waals surface area (Å²) in [5.74, 6) is 0.748. The Morgan fingerprint density at radius 1 is 1.38 bits per heavy atom. The average Bonchev–Trinajstić information content (AvgIpc) is 2.91. The second-order valence-corrected chi connectivity index (χ2v) is 5.13. The number of hydrogen-bond donors (Lipinski definition) is 1. The smallest absolute Gasteiger partial charge is 0.255 e. The van der Waals surface area contributed by atoms with Crippen LogP contribution in [0.1, 0.15) is 10.4 Å². The third-order valence-corrected chi connectivity index (χ3v) is 3.29. The van der Waals surface area contributed by atoms with Crippen molar-refractivity contribution in [1.82, 2.24) is 15.1 Å². The van der Waals surface area contributed by atoms with E-state index < -0.39 is 0 Å². The lowest BCUT2D eigenvalue weighted by atomic mass is 10.1. The molecular weight excluding hydrogens is 338 g/mol. The van der Waals surface area contributed by atoms with Crippen LogP contribution in [0.25, 0.3) is 0 Å². The van der Waals surface area contributed by atoms with E-state index in [1.54, 1.807) is 29.1 Å². The lowest BCUT2D eigenvalue weighted by Gasteiger charge is -2.12. The molecule has 112 valence electrons. The van der Waals surface area contributed by atoms with Gasteiger partial charge in [0.1, 0.15) is 0 Å². The molecule has 2 aromatic rings. The summed E-state index contributed by atoms with van der Waals surface area (Å²) >= 11 is 3.32. The summed E-state index contributed by atoms with van der Waals surface area (Å²) in [5.41, 5.74) is 0.443. The van der Waals surface area contributed by atoms with Crippen LogP contribution in [0.4, 0.5) is 0 Å². The fraction of sp³-hybridized carbons (Fsp3) is 0.286. The summed E-state index contributed by atoms with van der Waals surface area (Å²) in [6, 6.07) is 5.19. The Bertz CT molecular complexity index is 628. The molecule has 6 nitrogen and oxygen atoms in total. The van der Waals surface area contributed by atoms with Gasteiger partial charge < -0.3 is 14.8 Å². The average molecular weight is 354 g/mol. The Labute approximate surface area is 131 Å². The van der Waals surface area contributed by atoms with Gasteiger partial charge in [-0.2, -0.15) is 5.10 Å². The SMILES string of the molecule is COc1cccc(C(=O)NCCn2cc(Br)cn2)c1OC. The van der Waals surface area contributed by atoms with E-state index in [1.807, 2.05) is 6.20 Å². The quantitative estimate of drug-likeness (QED) is 0.863. The lowest BCUT2D eigenvalue weighted by molar-refractivity contribution is 0.0948. The highest BCUT2D eigenvalue weighted by Crippen LogP contribution is 2.30. The van der Waals surface area contributed by atoms with Crippen molar-refractivity contribution >= 4 is 21.8 Å². The Hall–Kier alpha value is -2.02. The molecule has 0 atom stereocenters. The second kappa shape index (κ2) is 7.12. The number of hydrogen-bond acceptors (Lipinski definition) is 4. The van der Waals surface area contributed by atoms with E-state index in [-0.39, 0.29) is 5.91 Å². The summed E-state index contributed by atoms with van der Waals surface area (Å²) < 4.78 is 13.1. The summed E-state index contributed by atoms with van der Waals surface area (Å²) in [6.07, 6.45) is 3.55. The van der Waals surface area contributed by atoms with Crippen LogP contribution in [0.15, 0.2) is 35.1 Å². The highest BCUT2D eigenvalue weighted by atomic mass is 79.9. The van der Waals surface area contributed by atoms with Crippen LogP contribution in [0, 0.1) is 0 Å². The summed E-state index contributed by atoms with van der Waals surface area (Å²) in [7, 11) is 3.05. The van der Waals surface area contributed by atoms with E-state index in [9.17, 15) is 4.79 Å². The first kappa shape index (κ1) is 15.4. The summed E-state index contributed by atoms with van der Waals surface area (Å²) in [6.45, 7) is 1.05. The number of benzene rings is 1. The molecule has 7 heteroatoms. The van der Waals surface area contributed by atoms with E-state index in [0.29, 0.717) is 30.2 Å². The Balaban J connectivity index is 2.00. The van der Waals surface area contributed by atoms with E-state index in [2.05, 4.69) is 26.3 Å². The normalized spacial score (nSPS) is 10.2. The maximum absolute atomic E-state index is 12.2. The second-order valence-electron chi connectivity index (χ2n) is 4.22. The first-order valence-electron chi connectivity index (χ1n) is 6.33. The lowest BCUT2D eigenvalue weighted by Crippen LogP contribution is -2.27. The molecule has 1 heterocycles. The predicted octanol–water partition coefficient (Wildman–Crippen LogP) is 2.09. The van der Waals surface area contributed by atoms with Crippen LogP contribution in [0.5, 0.6) is 11.5 Å². The number of ether oxygens (including phenoxy) is 2. The molecule has 0 spiro atoms. The van der Waals surface area contributed by atoms with Crippen molar-refractivity contribution < 1.29 is 14.3 Å². The van der Waals surface area contributed by atoms with Crippen LogP contribution >= 0.6 is 15.9 Å². The molecule has 1 aromatic heterocycles. The van der Waals surface area contributed by atoms with Gasteiger partial charge in [-0.25, -0.2) is 0 Å². The van der Waals surface area contributed by atoms with Gasteiger partial charge in [0.25, 0.3) is 5.91 Å². The molecule has 0 unspecified atom stereocenters.